The van der Waals surface area contributed by atoms with Crippen LogP contribution >= 0.6 is 11.6 Å². The summed E-state index contributed by atoms with van der Waals surface area (Å²) >= 11 is 5.84. The molecule has 92 valence electrons. The Morgan fingerprint density at radius 3 is 2.65 bits per heavy atom. The Kier molecular flexibility index (Phi) is 4.97. The second-order valence-corrected chi connectivity index (χ2v) is 3.87. The van der Waals surface area contributed by atoms with Crippen LogP contribution in [0.1, 0.15) is 25.0 Å². The third-order valence-electron chi connectivity index (χ3n) is 2.11. The quantitative estimate of drug-likeness (QED) is 0.777. The fourth-order valence-corrected chi connectivity index (χ4v) is 1.57. The number of hydrogen-bond donors (Lipinski definition) is 0. The van der Waals surface area contributed by atoms with Crippen LogP contribution in [0.25, 0.3) is 0 Å². The van der Waals surface area contributed by atoms with E-state index >= 15 is 0 Å². The number of methoxy groups -OCH3 is 1. The highest BCUT2D eigenvalue weighted by molar-refractivity contribution is 6.30. The van der Waals surface area contributed by atoms with E-state index in [-0.39, 0.29) is 6.42 Å². The summed E-state index contributed by atoms with van der Waals surface area (Å²) in [6.07, 6.45) is -0.699. The molecule has 0 bridgehead atoms. The summed E-state index contributed by atoms with van der Waals surface area (Å²) in [5, 5.41) is 0.518. The molecule has 5 heteroatoms. The number of carbonyl (C=O) groups is 2. The lowest BCUT2D eigenvalue weighted by atomic mass is 10.1. The van der Waals surface area contributed by atoms with Gasteiger partial charge in [0.1, 0.15) is 6.10 Å². The van der Waals surface area contributed by atoms with Crippen molar-refractivity contribution in [2.45, 2.75) is 19.4 Å². The maximum absolute atomic E-state index is 11.2. The molecule has 0 saturated carbocycles. The van der Waals surface area contributed by atoms with Crippen molar-refractivity contribution < 1.29 is 19.1 Å². The lowest BCUT2D eigenvalue weighted by molar-refractivity contribution is -0.152. The second kappa shape index (κ2) is 6.25. The van der Waals surface area contributed by atoms with E-state index in [1.54, 1.807) is 24.3 Å². The van der Waals surface area contributed by atoms with Crippen LogP contribution in [0.4, 0.5) is 0 Å². The number of carbonyl (C=O) groups excluding carboxylic acids is 2. The van der Waals surface area contributed by atoms with Gasteiger partial charge in [-0.2, -0.15) is 0 Å². The Balaban J connectivity index is 2.89. The van der Waals surface area contributed by atoms with Crippen molar-refractivity contribution in [2.24, 2.45) is 0 Å². The molecule has 0 unspecified atom stereocenters. The Morgan fingerprint density at radius 1 is 1.41 bits per heavy atom. The summed E-state index contributed by atoms with van der Waals surface area (Å²) in [4.78, 5) is 22.2. The number of hydrogen-bond acceptors (Lipinski definition) is 4. The lowest BCUT2D eigenvalue weighted by Gasteiger charge is -2.16. The average Bonchev–Trinajstić information content (AvgIpc) is 2.27. The summed E-state index contributed by atoms with van der Waals surface area (Å²) < 4.78 is 9.62. The van der Waals surface area contributed by atoms with Crippen LogP contribution in [0.15, 0.2) is 24.3 Å². The molecule has 0 radical (unpaired) electrons. The van der Waals surface area contributed by atoms with Crippen LogP contribution in [0.3, 0.4) is 0 Å². The molecule has 1 rings (SSSR count). The fraction of sp³-hybridized carbons (Fsp3) is 0.333. The van der Waals surface area contributed by atoms with E-state index in [1.807, 2.05) is 0 Å². The lowest BCUT2D eigenvalue weighted by Crippen LogP contribution is -2.14. The van der Waals surface area contributed by atoms with Gasteiger partial charge >= 0.3 is 11.9 Å². The normalized spacial score (nSPS) is 11.7. The minimum atomic E-state index is -0.668. The summed E-state index contributed by atoms with van der Waals surface area (Å²) in [6, 6.07) is 6.82. The molecule has 1 aromatic rings. The zero-order valence-electron chi connectivity index (χ0n) is 9.60. The smallest absolute Gasteiger partial charge is 0.309 e. The SMILES string of the molecule is COC(=O)C[C@H](OC(C)=O)c1cccc(Cl)c1. The van der Waals surface area contributed by atoms with Crippen LogP contribution in [0.2, 0.25) is 5.02 Å². The van der Waals surface area contributed by atoms with Crippen LogP contribution < -0.4 is 0 Å². The molecule has 0 amide bonds. The highest BCUT2D eigenvalue weighted by Gasteiger charge is 2.19. The first-order valence-electron chi connectivity index (χ1n) is 5.02. The molecule has 1 atom stereocenters. The van der Waals surface area contributed by atoms with E-state index in [0.29, 0.717) is 10.6 Å². The van der Waals surface area contributed by atoms with Gasteiger partial charge < -0.3 is 9.47 Å². The zero-order chi connectivity index (χ0) is 12.8. The van der Waals surface area contributed by atoms with E-state index < -0.39 is 18.0 Å². The molecule has 0 saturated heterocycles. The minimum absolute atomic E-state index is 0.0313. The molecule has 0 heterocycles. The third-order valence-corrected chi connectivity index (χ3v) is 2.34. The monoisotopic (exact) mass is 256 g/mol. The van der Waals surface area contributed by atoms with Crippen molar-refractivity contribution in [3.05, 3.63) is 34.9 Å². The first kappa shape index (κ1) is 13.5. The molecule has 0 N–H and O–H groups in total. The van der Waals surface area contributed by atoms with Gasteiger partial charge in [0.2, 0.25) is 0 Å². The first-order valence-corrected chi connectivity index (χ1v) is 5.40. The maximum atomic E-state index is 11.2. The average molecular weight is 257 g/mol. The largest absolute Gasteiger partial charge is 0.469 e. The van der Waals surface area contributed by atoms with E-state index in [0.717, 1.165) is 0 Å². The van der Waals surface area contributed by atoms with Gasteiger partial charge in [-0.25, -0.2) is 0 Å². The van der Waals surface area contributed by atoms with Crippen LogP contribution in [0.5, 0.6) is 0 Å². The molecule has 0 aromatic heterocycles. The van der Waals surface area contributed by atoms with Crippen molar-refractivity contribution >= 4 is 23.5 Å². The van der Waals surface area contributed by atoms with Crippen LogP contribution in [-0.2, 0) is 19.1 Å². The highest BCUT2D eigenvalue weighted by Crippen LogP contribution is 2.24. The van der Waals surface area contributed by atoms with Gasteiger partial charge in [0.25, 0.3) is 0 Å². The summed E-state index contributed by atoms with van der Waals surface area (Å²) in [5.41, 5.74) is 0.665. The number of rotatable bonds is 4. The van der Waals surface area contributed by atoms with Crippen LogP contribution in [0, 0.1) is 0 Å². The van der Waals surface area contributed by atoms with E-state index in [4.69, 9.17) is 16.3 Å². The van der Waals surface area contributed by atoms with Gasteiger partial charge in [-0.1, -0.05) is 23.7 Å². The molecule has 17 heavy (non-hydrogen) atoms. The molecule has 0 aliphatic rings. The van der Waals surface area contributed by atoms with Gasteiger partial charge in [-0.05, 0) is 17.7 Å². The molecule has 1 aromatic carbocycles. The maximum Gasteiger partial charge on any atom is 0.309 e. The first-order chi connectivity index (χ1) is 8.02. The molecule has 0 aliphatic carbocycles. The molecule has 0 aliphatic heterocycles. The topological polar surface area (TPSA) is 52.6 Å². The standard InChI is InChI=1S/C12H13ClO4/c1-8(14)17-11(7-12(15)16-2)9-4-3-5-10(13)6-9/h3-6,11H,7H2,1-2H3/t11-/m0/s1. The molecular weight excluding hydrogens is 244 g/mol. The molecular formula is C12H13ClO4. The number of ether oxygens (including phenoxy) is 2. The van der Waals surface area contributed by atoms with E-state index in [1.165, 1.54) is 14.0 Å². The Hall–Kier alpha value is -1.55. The fourth-order valence-electron chi connectivity index (χ4n) is 1.37. The van der Waals surface area contributed by atoms with Crippen molar-refractivity contribution in [3.8, 4) is 0 Å². The van der Waals surface area contributed by atoms with Gasteiger partial charge in [-0.3, -0.25) is 9.59 Å². The van der Waals surface area contributed by atoms with Gasteiger partial charge in [0.05, 0.1) is 13.5 Å². The number of benzene rings is 1. The molecule has 4 nitrogen and oxygen atoms in total. The number of halogens is 1. The third kappa shape index (κ3) is 4.44. The Morgan fingerprint density at radius 2 is 2.12 bits per heavy atom. The van der Waals surface area contributed by atoms with E-state index in [9.17, 15) is 9.59 Å². The summed E-state index contributed by atoms with van der Waals surface area (Å²) in [6.45, 7) is 1.29. The predicted octanol–water partition coefficient (Wildman–Crippen LogP) is 2.51. The van der Waals surface area contributed by atoms with Gasteiger partial charge in [0.15, 0.2) is 0 Å². The van der Waals surface area contributed by atoms with Gasteiger partial charge in [-0.15, -0.1) is 0 Å². The molecule has 0 fully saturated rings. The second-order valence-electron chi connectivity index (χ2n) is 3.43. The highest BCUT2D eigenvalue weighted by atomic mass is 35.5. The zero-order valence-corrected chi connectivity index (χ0v) is 10.4. The Bertz CT molecular complexity index is 417. The van der Waals surface area contributed by atoms with Crippen molar-refractivity contribution in [2.75, 3.05) is 7.11 Å². The number of esters is 2. The van der Waals surface area contributed by atoms with Gasteiger partial charge in [0, 0.05) is 11.9 Å². The minimum Gasteiger partial charge on any atom is -0.469 e. The van der Waals surface area contributed by atoms with Crippen molar-refractivity contribution in [1.82, 2.24) is 0 Å². The Labute approximate surface area is 104 Å². The summed E-state index contributed by atoms with van der Waals surface area (Å²) in [5.74, 6) is -0.907. The van der Waals surface area contributed by atoms with E-state index in [2.05, 4.69) is 4.74 Å². The summed E-state index contributed by atoms with van der Waals surface area (Å²) in [7, 11) is 1.28. The van der Waals surface area contributed by atoms with Crippen LogP contribution in [-0.4, -0.2) is 19.0 Å². The van der Waals surface area contributed by atoms with Crippen molar-refractivity contribution in [1.29, 1.82) is 0 Å². The predicted molar refractivity (Wildman–Crippen MR) is 62.6 cm³/mol. The molecule has 0 spiro atoms. The van der Waals surface area contributed by atoms with Crippen molar-refractivity contribution in [3.63, 3.8) is 0 Å².